The van der Waals surface area contributed by atoms with Gasteiger partial charge in [0.2, 0.25) is 0 Å². The first-order valence-electron chi connectivity index (χ1n) is 6.21. The van der Waals surface area contributed by atoms with E-state index in [0.29, 0.717) is 5.11 Å². The molecule has 0 aliphatic rings. The molecule has 2 N–H and O–H groups in total. The van der Waals surface area contributed by atoms with Crippen LogP contribution in [0.15, 0.2) is 71.8 Å². The fourth-order valence-electron chi connectivity index (χ4n) is 1.54. The Morgan fingerprint density at radius 3 is 2.30 bits per heavy atom. The summed E-state index contributed by atoms with van der Waals surface area (Å²) in [6, 6.07) is 19.7. The second-order valence-electron chi connectivity index (χ2n) is 3.98. The summed E-state index contributed by atoms with van der Waals surface area (Å²) in [7, 11) is 0. The van der Waals surface area contributed by atoms with E-state index in [-0.39, 0.29) is 0 Å². The Bertz CT molecular complexity index is 592. The maximum absolute atomic E-state index is 5.12. The lowest BCUT2D eigenvalue weighted by Crippen LogP contribution is -2.23. The van der Waals surface area contributed by atoms with Crippen LogP contribution in [0.2, 0.25) is 0 Å². The molecule has 0 spiro atoms. The SMILES string of the molecule is S=C(NN=CC=Cc1ccccc1)Nc1ccccc1. The number of thiocarbonyl (C=S) groups is 1. The fourth-order valence-corrected chi connectivity index (χ4v) is 1.71. The lowest BCUT2D eigenvalue weighted by atomic mass is 10.2. The van der Waals surface area contributed by atoms with E-state index in [1.165, 1.54) is 0 Å². The number of rotatable bonds is 4. The zero-order valence-electron chi connectivity index (χ0n) is 10.9. The van der Waals surface area contributed by atoms with Crippen molar-refractivity contribution < 1.29 is 0 Å². The third kappa shape index (κ3) is 5.04. The molecule has 2 rings (SSSR count). The minimum atomic E-state index is 0.459. The molecule has 0 fully saturated rings. The summed E-state index contributed by atoms with van der Waals surface area (Å²) >= 11 is 5.12. The van der Waals surface area contributed by atoms with E-state index in [9.17, 15) is 0 Å². The van der Waals surface area contributed by atoms with E-state index >= 15 is 0 Å². The largest absolute Gasteiger partial charge is 0.331 e. The summed E-state index contributed by atoms with van der Waals surface area (Å²) in [6.45, 7) is 0. The van der Waals surface area contributed by atoms with E-state index in [0.717, 1.165) is 11.3 Å². The summed E-state index contributed by atoms with van der Waals surface area (Å²) < 4.78 is 0. The Morgan fingerprint density at radius 2 is 1.60 bits per heavy atom. The molecule has 2 aromatic rings. The molecular weight excluding hydrogens is 266 g/mol. The van der Waals surface area contributed by atoms with Gasteiger partial charge in [-0.1, -0.05) is 54.6 Å². The highest BCUT2D eigenvalue weighted by molar-refractivity contribution is 7.80. The molecule has 3 nitrogen and oxygen atoms in total. The van der Waals surface area contributed by atoms with Crippen LogP contribution in [0.4, 0.5) is 5.69 Å². The Morgan fingerprint density at radius 1 is 0.950 bits per heavy atom. The van der Waals surface area contributed by atoms with Gasteiger partial charge >= 0.3 is 0 Å². The van der Waals surface area contributed by atoms with E-state index < -0.39 is 0 Å². The molecule has 4 heteroatoms. The molecular formula is C16H15N3S. The van der Waals surface area contributed by atoms with Crippen LogP contribution in [0.3, 0.4) is 0 Å². The van der Waals surface area contributed by atoms with Gasteiger partial charge in [-0.15, -0.1) is 0 Å². The summed E-state index contributed by atoms with van der Waals surface area (Å²) in [5.74, 6) is 0. The molecule has 0 aliphatic carbocycles. The van der Waals surface area contributed by atoms with Gasteiger partial charge in [-0.3, -0.25) is 5.43 Å². The van der Waals surface area contributed by atoms with Gasteiger partial charge in [0.1, 0.15) is 0 Å². The monoisotopic (exact) mass is 281 g/mol. The van der Waals surface area contributed by atoms with Crippen molar-refractivity contribution in [2.45, 2.75) is 0 Å². The Labute approximate surface area is 124 Å². The van der Waals surface area contributed by atoms with Crippen LogP contribution in [-0.2, 0) is 0 Å². The second-order valence-corrected chi connectivity index (χ2v) is 4.39. The predicted octanol–water partition coefficient (Wildman–Crippen LogP) is 3.67. The third-order valence-corrected chi connectivity index (χ3v) is 2.64. The molecule has 0 heterocycles. The second kappa shape index (κ2) is 7.86. The molecule has 0 bridgehead atoms. The number of hydrazone groups is 1. The highest BCUT2D eigenvalue weighted by Crippen LogP contribution is 2.04. The van der Waals surface area contributed by atoms with Crippen LogP contribution in [-0.4, -0.2) is 11.3 Å². The highest BCUT2D eigenvalue weighted by atomic mass is 32.1. The molecule has 0 saturated carbocycles. The summed E-state index contributed by atoms with van der Waals surface area (Å²) in [5, 5.41) is 7.51. The van der Waals surface area contributed by atoms with Gasteiger partial charge in [0.05, 0.1) is 0 Å². The molecule has 0 aromatic heterocycles. The van der Waals surface area contributed by atoms with Crippen LogP contribution < -0.4 is 10.7 Å². The smallest absolute Gasteiger partial charge is 0.191 e. The number of nitrogens with zero attached hydrogens (tertiary/aromatic N) is 1. The number of anilines is 1. The maximum atomic E-state index is 5.12. The predicted molar refractivity (Wildman–Crippen MR) is 89.8 cm³/mol. The zero-order chi connectivity index (χ0) is 14.0. The number of nitrogens with one attached hydrogen (secondary N) is 2. The van der Waals surface area contributed by atoms with Gasteiger partial charge in [0, 0.05) is 11.9 Å². The molecule has 100 valence electrons. The molecule has 2 aromatic carbocycles. The van der Waals surface area contributed by atoms with Crippen LogP contribution in [0.1, 0.15) is 5.56 Å². The molecule has 0 amide bonds. The van der Waals surface area contributed by atoms with Crippen molar-refractivity contribution >= 4 is 35.3 Å². The fraction of sp³-hybridized carbons (Fsp3) is 0. The topological polar surface area (TPSA) is 36.4 Å². The molecule has 0 radical (unpaired) electrons. The minimum Gasteiger partial charge on any atom is -0.331 e. The normalized spacial score (nSPS) is 10.8. The van der Waals surface area contributed by atoms with E-state index in [1.54, 1.807) is 6.21 Å². The van der Waals surface area contributed by atoms with Crippen molar-refractivity contribution in [2.24, 2.45) is 5.10 Å². The average molecular weight is 281 g/mol. The van der Waals surface area contributed by atoms with Crippen molar-refractivity contribution in [3.05, 3.63) is 72.3 Å². The van der Waals surface area contributed by atoms with Gasteiger partial charge in [0.25, 0.3) is 0 Å². The highest BCUT2D eigenvalue weighted by Gasteiger charge is 1.93. The van der Waals surface area contributed by atoms with E-state index in [1.807, 2.05) is 72.8 Å². The molecule has 0 atom stereocenters. The van der Waals surface area contributed by atoms with E-state index in [4.69, 9.17) is 12.2 Å². The summed E-state index contributed by atoms with van der Waals surface area (Å²) in [4.78, 5) is 0. The van der Waals surface area contributed by atoms with Crippen LogP contribution in [0.5, 0.6) is 0 Å². The average Bonchev–Trinajstić information content (AvgIpc) is 2.49. The molecule has 0 unspecified atom stereocenters. The van der Waals surface area contributed by atoms with Crippen molar-refractivity contribution in [2.75, 3.05) is 5.32 Å². The molecule has 0 saturated heterocycles. The van der Waals surface area contributed by atoms with Gasteiger partial charge in [-0.2, -0.15) is 5.10 Å². The number of hydrogen-bond acceptors (Lipinski definition) is 2. The lowest BCUT2D eigenvalue weighted by molar-refractivity contribution is 1.05. The quantitative estimate of drug-likeness (QED) is 0.510. The zero-order valence-corrected chi connectivity index (χ0v) is 11.7. The third-order valence-electron chi connectivity index (χ3n) is 2.45. The van der Waals surface area contributed by atoms with Crippen LogP contribution >= 0.6 is 12.2 Å². The van der Waals surface area contributed by atoms with Crippen LogP contribution in [0, 0.1) is 0 Å². The van der Waals surface area contributed by atoms with Crippen molar-refractivity contribution in [1.82, 2.24) is 5.43 Å². The van der Waals surface area contributed by atoms with Gasteiger partial charge in [0.15, 0.2) is 5.11 Å². The standard InChI is InChI=1S/C16H15N3S/c20-16(18-15-11-5-2-6-12-15)19-17-13-7-10-14-8-3-1-4-9-14/h1-13H,(H2,18,19,20). The number of para-hydroxylation sites is 1. The van der Waals surface area contributed by atoms with E-state index in [2.05, 4.69) is 15.8 Å². The maximum Gasteiger partial charge on any atom is 0.191 e. The van der Waals surface area contributed by atoms with Crippen molar-refractivity contribution in [3.63, 3.8) is 0 Å². The van der Waals surface area contributed by atoms with Gasteiger partial charge < -0.3 is 5.32 Å². The lowest BCUT2D eigenvalue weighted by Gasteiger charge is -2.05. The first-order valence-corrected chi connectivity index (χ1v) is 6.62. The van der Waals surface area contributed by atoms with Crippen molar-refractivity contribution in [3.8, 4) is 0 Å². The summed E-state index contributed by atoms with van der Waals surface area (Å²) in [5.41, 5.74) is 4.82. The Balaban J connectivity index is 1.76. The first-order chi connectivity index (χ1) is 9.84. The number of benzene rings is 2. The Kier molecular flexibility index (Phi) is 5.49. The number of allylic oxidation sites excluding steroid dienone is 1. The molecule has 20 heavy (non-hydrogen) atoms. The van der Waals surface area contributed by atoms with Crippen LogP contribution in [0.25, 0.3) is 6.08 Å². The van der Waals surface area contributed by atoms with Crippen molar-refractivity contribution in [1.29, 1.82) is 0 Å². The minimum absolute atomic E-state index is 0.459. The summed E-state index contributed by atoms with van der Waals surface area (Å²) in [6.07, 6.45) is 5.48. The number of hydrogen-bond donors (Lipinski definition) is 2. The Hall–Kier alpha value is -2.46. The first kappa shape index (κ1) is 14.0. The molecule has 0 aliphatic heterocycles. The van der Waals surface area contributed by atoms with Gasteiger partial charge in [-0.05, 0) is 36.0 Å². The van der Waals surface area contributed by atoms with Gasteiger partial charge in [-0.25, -0.2) is 0 Å².